The Kier molecular flexibility index (Phi) is 4.30. The summed E-state index contributed by atoms with van der Waals surface area (Å²) >= 11 is 0. The third-order valence-corrected chi connectivity index (χ3v) is 2.54. The molecule has 18 heavy (non-hydrogen) atoms. The summed E-state index contributed by atoms with van der Waals surface area (Å²) in [4.78, 5) is 8.77. The van der Waals surface area contributed by atoms with Crippen molar-refractivity contribution in [3.63, 3.8) is 0 Å². The van der Waals surface area contributed by atoms with Gasteiger partial charge in [-0.1, -0.05) is 6.07 Å². The van der Waals surface area contributed by atoms with Gasteiger partial charge in [0.25, 0.3) is 0 Å². The molecule has 0 amide bonds. The highest BCUT2D eigenvalue weighted by atomic mass is 16.5. The Balaban J connectivity index is 2.07. The molecular formula is C13H18N4O. The van der Waals surface area contributed by atoms with Gasteiger partial charge in [0.15, 0.2) is 0 Å². The topological polar surface area (TPSA) is 52.0 Å². The predicted molar refractivity (Wildman–Crippen MR) is 70.7 cm³/mol. The van der Waals surface area contributed by atoms with E-state index in [1.54, 1.807) is 13.3 Å². The highest BCUT2D eigenvalue weighted by molar-refractivity contribution is 5.29. The second-order valence-corrected chi connectivity index (χ2v) is 4.07. The summed E-state index contributed by atoms with van der Waals surface area (Å²) in [5.41, 5.74) is 2.01. The average Bonchev–Trinajstić information content (AvgIpc) is 2.71. The monoisotopic (exact) mass is 246 g/mol. The third kappa shape index (κ3) is 3.30. The van der Waals surface area contributed by atoms with E-state index in [4.69, 9.17) is 4.74 Å². The zero-order valence-electron chi connectivity index (χ0n) is 10.8. The van der Waals surface area contributed by atoms with Crippen LogP contribution in [0.1, 0.15) is 11.4 Å². The van der Waals surface area contributed by atoms with Crippen LogP contribution in [0.4, 0.5) is 5.95 Å². The number of pyridine rings is 1. The average molecular weight is 246 g/mol. The van der Waals surface area contributed by atoms with Crippen molar-refractivity contribution in [1.82, 2.24) is 14.5 Å². The summed E-state index contributed by atoms with van der Waals surface area (Å²) in [6.07, 6.45) is 3.82. The van der Waals surface area contributed by atoms with Gasteiger partial charge in [-0.25, -0.2) is 4.98 Å². The number of hydrogen-bond acceptors (Lipinski definition) is 4. The van der Waals surface area contributed by atoms with Crippen LogP contribution < -0.4 is 5.32 Å². The first-order chi connectivity index (χ1) is 8.79. The lowest BCUT2D eigenvalue weighted by atomic mass is 10.3. The number of hydrogen-bond donors (Lipinski definition) is 1. The first kappa shape index (κ1) is 12.6. The molecule has 0 atom stereocenters. The molecule has 0 aliphatic carbocycles. The molecule has 0 radical (unpaired) electrons. The standard InChI is InChI=1S/C13H18N4O/c1-11-9-17(10-12-5-3-4-6-14-12)13(16-11)15-7-8-18-2/h3-6,9H,7-8,10H2,1-2H3,(H,15,16). The number of methoxy groups -OCH3 is 1. The van der Waals surface area contributed by atoms with E-state index in [-0.39, 0.29) is 0 Å². The minimum Gasteiger partial charge on any atom is -0.383 e. The van der Waals surface area contributed by atoms with E-state index in [2.05, 4.69) is 19.9 Å². The highest BCUT2D eigenvalue weighted by Gasteiger charge is 2.05. The van der Waals surface area contributed by atoms with Crippen molar-refractivity contribution in [2.45, 2.75) is 13.5 Å². The molecule has 0 aromatic carbocycles. The van der Waals surface area contributed by atoms with Crippen molar-refractivity contribution < 1.29 is 4.74 Å². The van der Waals surface area contributed by atoms with E-state index in [0.29, 0.717) is 6.61 Å². The van der Waals surface area contributed by atoms with Crippen molar-refractivity contribution in [3.05, 3.63) is 42.0 Å². The molecule has 0 unspecified atom stereocenters. The summed E-state index contributed by atoms with van der Waals surface area (Å²) < 4.78 is 7.08. The molecule has 2 heterocycles. The first-order valence-electron chi connectivity index (χ1n) is 5.96. The number of aromatic nitrogens is 3. The van der Waals surface area contributed by atoms with E-state index in [1.807, 2.05) is 31.3 Å². The number of anilines is 1. The van der Waals surface area contributed by atoms with Gasteiger partial charge in [0.2, 0.25) is 5.95 Å². The molecule has 1 N–H and O–H groups in total. The Hall–Kier alpha value is -1.88. The zero-order valence-corrected chi connectivity index (χ0v) is 10.8. The number of aryl methyl sites for hydroxylation is 1. The molecule has 0 saturated carbocycles. The fraction of sp³-hybridized carbons (Fsp3) is 0.385. The van der Waals surface area contributed by atoms with E-state index in [9.17, 15) is 0 Å². The molecule has 0 fully saturated rings. The number of nitrogens with zero attached hydrogens (tertiary/aromatic N) is 3. The van der Waals surface area contributed by atoms with Crippen LogP contribution in [-0.2, 0) is 11.3 Å². The van der Waals surface area contributed by atoms with Gasteiger partial charge in [0.1, 0.15) is 0 Å². The Labute approximate surface area is 107 Å². The minimum atomic E-state index is 0.662. The first-order valence-corrected chi connectivity index (χ1v) is 5.96. The third-order valence-electron chi connectivity index (χ3n) is 2.54. The van der Waals surface area contributed by atoms with Crippen molar-refractivity contribution >= 4 is 5.95 Å². The molecule has 2 rings (SSSR count). The van der Waals surface area contributed by atoms with E-state index in [1.165, 1.54) is 0 Å². The molecule has 0 spiro atoms. The van der Waals surface area contributed by atoms with Gasteiger partial charge in [-0.2, -0.15) is 0 Å². The minimum absolute atomic E-state index is 0.662. The largest absolute Gasteiger partial charge is 0.383 e. The second kappa shape index (κ2) is 6.16. The Morgan fingerprint density at radius 2 is 2.28 bits per heavy atom. The van der Waals surface area contributed by atoms with Gasteiger partial charge in [-0.05, 0) is 19.1 Å². The van der Waals surface area contributed by atoms with Crippen molar-refractivity contribution in [3.8, 4) is 0 Å². The van der Waals surface area contributed by atoms with Gasteiger partial charge in [-0.15, -0.1) is 0 Å². The number of ether oxygens (including phenoxy) is 1. The maximum absolute atomic E-state index is 5.02. The lowest BCUT2D eigenvalue weighted by Gasteiger charge is -2.08. The van der Waals surface area contributed by atoms with Crippen molar-refractivity contribution in [2.75, 3.05) is 25.6 Å². The molecule has 0 bridgehead atoms. The maximum atomic E-state index is 5.02. The lowest BCUT2D eigenvalue weighted by molar-refractivity contribution is 0.210. The summed E-state index contributed by atoms with van der Waals surface area (Å²) in [7, 11) is 1.69. The fourth-order valence-electron chi connectivity index (χ4n) is 1.74. The Bertz CT molecular complexity index is 481. The van der Waals surface area contributed by atoms with E-state index < -0.39 is 0 Å². The normalized spacial score (nSPS) is 10.6. The molecule has 5 nitrogen and oxygen atoms in total. The summed E-state index contributed by atoms with van der Waals surface area (Å²) in [5, 5.41) is 3.25. The maximum Gasteiger partial charge on any atom is 0.203 e. The van der Waals surface area contributed by atoms with E-state index in [0.717, 1.165) is 30.4 Å². The van der Waals surface area contributed by atoms with Gasteiger partial charge in [0.05, 0.1) is 24.5 Å². The van der Waals surface area contributed by atoms with Crippen LogP contribution in [0.5, 0.6) is 0 Å². The predicted octanol–water partition coefficient (Wildman–Crippen LogP) is 1.69. The molecule has 0 saturated heterocycles. The SMILES string of the molecule is COCCNc1nc(C)cn1Cc1ccccn1. The van der Waals surface area contributed by atoms with Crippen LogP contribution in [0.2, 0.25) is 0 Å². The Morgan fingerprint density at radius 3 is 3.00 bits per heavy atom. The molecular weight excluding hydrogens is 228 g/mol. The van der Waals surface area contributed by atoms with Crippen LogP contribution in [0.3, 0.4) is 0 Å². The lowest BCUT2D eigenvalue weighted by Crippen LogP contribution is -2.13. The summed E-state index contributed by atoms with van der Waals surface area (Å²) in [6, 6.07) is 5.92. The molecule has 0 aliphatic rings. The highest BCUT2D eigenvalue weighted by Crippen LogP contribution is 2.10. The summed E-state index contributed by atoms with van der Waals surface area (Å²) in [6.45, 7) is 4.11. The van der Waals surface area contributed by atoms with Crippen LogP contribution in [0, 0.1) is 6.92 Å². The molecule has 2 aromatic heterocycles. The van der Waals surface area contributed by atoms with Crippen LogP contribution in [0.15, 0.2) is 30.6 Å². The van der Waals surface area contributed by atoms with E-state index >= 15 is 0 Å². The van der Waals surface area contributed by atoms with Gasteiger partial charge in [0, 0.05) is 26.0 Å². The molecule has 5 heteroatoms. The molecule has 2 aromatic rings. The van der Waals surface area contributed by atoms with Crippen LogP contribution in [0.25, 0.3) is 0 Å². The van der Waals surface area contributed by atoms with Gasteiger partial charge in [-0.3, -0.25) is 4.98 Å². The quantitative estimate of drug-likeness (QED) is 0.788. The van der Waals surface area contributed by atoms with Crippen molar-refractivity contribution in [2.24, 2.45) is 0 Å². The van der Waals surface area contributed by atoms with Crippen molar-refractivity contribution in [1.29, 1.82) is 0 Å². The zero-order chi connectivity index (χ0) is 12.8. The number of nitrogens with one attached hydrogen (secondary N) is 1. The number of imidazole rings is 1. The molecule has 96 valence electrons. The van der Waals surface area contributed by atoms with Crippen LogP contribution in [-0.4, -0.2) is 34.8 Å². The number of rotatable bonds is 6. The fourth-order valence-corrected chi connectivity index (χ4v) is 1.74. The van der Waals surface area contributed by atoms with Gasteiger partial charge >= 0.3 is 0 Å². The van der Waals surface area contributed by atoms with Gasteiger partial charge < -0.3 is 14.6 Å². The second-order valence-electron chi connectivity index (χ2n) is 4.07. The smallest absolute Gasteiger partial charge is 0.203 e. The summed E-state index contributed by atoms with van der Waals surface area (Å²) in [5.74, 6) is 0.857. The Morgan fingerprint density at radius 1 is 1.39 bits per heavy atom. The van der Waals surface area contributed by atoms with Crippen LogP contribution >= 0.6 is 0 Å². The molecule has 0 aliphatic heterocycles.